The Morgan fingerprint density at radius 2 is 2.29 bits per heavy atom. The van der Waals surface area contributed by atoms with Crippen LogP contribution in [-0.4, -0.2) is 51.5 Å². The standard InChI is InChI=1S/C6H13N3O4S/c1-8-6(10)5-4-9(2-3-13-5)14(7,11)12/h5H,2-4H2,1H3,(H,8,10)(H2,7,11,12). The highest BCUT2D eigenvalue weighted by Crippen LogP contribution is 2.07. The lowest BCUT2D eigenvalue weighted by atomic mass is 10.3. The van der Waals surface area contributed by atoms with E-state index in [0.717, 1.165) is 4.31 Å². The Bertz CT molecular complexity index is 315. The van der Waals surface area contributed by atoms with Gasteiger partial charge in [0.05, 0.1) is 13.2 Å². The second-order valence-corrected chi connectivity index (χ2v) is 4.42. The molecule has 0 saturated carbocycles. The van der Waals surface area contributed by atoms with Crippen LogP contribution in [0.4, 0.5) is 0 Å². The van der Waals surface area contributed by atoms with Crippen LogP contribution >= 0.6 is 0 Å². The first kappa shape index (κ1) is 11.4. The summed E-state index contributed by atoms with van der Waals surface area (Å²) in [7, 11) is -2.27. The molecule has 1 fully saturated rings. The summed E-state index contributed by atoms with van der Waals surface area (Å²) in [6.07, 6.45) is -0.771. The molecule has 7 nitrogen and oxygen atoms in total. The van der Waals surface area contributed by atoms with Crippen LogP contribution in [0, 0.1) is 0 Å². The number of morpholine rings is 1. The van der Waals surface area contributed by atoms with Crippen LogP contribution in [0.25, 0.3) is 0 Å². The molecule has 0 aromatic heterocycles. The quantitative estimate of drug-likeness (QED) is 0.546. The van der Waals surface area contributed by atoms with Gasteiger partial charge in [-0.3, -0.25) is 4.79 Å². The van der Waals surface area contributed by atoms with E-state index < -0.39 is 16.3 Å². The fourth-order valence-electron chi connectivity index (χ4n) is 1.18. The van der Waals surface area contributed by atoms with E-state index in [0.29, 0.717) is 0 Å². The SMILES string of the molecule is CNC(=O)C1CN(S(N)(=O)=O)CCO1. The van der Waals surface area contributed by atoms with Gasteiger partial charge in [-0.05, 0) is 0 Å². The van der Waals surface area contributed by atoms with E-state index in [1.807, 2.05) is 0 Å². The maximum absolute atomic E-state index is 11.1. The Morgan fingerprint density at radius 3 is 2.79 bits per heavy atom. The van der Waals surface area contributed by atoms with Gasteiger partial charge in [0.1, 0.15) is 6.10 Å². The molecule has 0 aliphatic carbocycles. The molecular formula is C6H13N3O4S. The van der Waals surface area contributed by atoms with Crippen molar-refractivity contribution in [3.63, 3.8) is 0 Å². The molecule has 0 aromatic rings. The van der Waals surface area contributed by atoms with Gasteiger partial charge < -0.3 is 10.1 Å². The lowest BCUT2D eigenvalue weighted by molar-refractivity contribution is -0.135. The highest BCUT2D eigenvalue weighted by molar-refractivity contribution is 7.86. The summed E-state index contributed by atoms with van der Waals surface area (Å²) in [5.74, 6) is -0.349. The van der Waals surface area contributed by atoms with Crippen LogP contribution in [-0.2, 0) is 19.7 Å². The molecule has 0 spiro atoms. The second kappa shape index (κ2) is 4.22. The molecule has 1 aliphatic heterocycles. The minimum atomic E-state index is -3.73. The molecule has 0 bridgehead atoms. The number of hydrogen-bond acceptors (Lipinski definition) is 4. The van der Waals surface area contributed by atoms with Crippen LogP contribution in [0.3, 0.4) is 0 Å². The van der Waals surface area contributed by atoms with Gasteiger partial charge in [-0.25, -0.2) is 5.14 Å². The van der Waals surface area contributed by atoms with Crippen LogP contribution in [0.1, 0.15) is 0 Å². The third-order valence-corrected chi connectivity index (χ3v) is 2.98. The van der Waals surface area contributed by atoms with Gasteiger partial charge in [0, 0.05) is 13.6 Å². The van der Waals surface area contributed by atoms with E-state index in [-0.39, 0.29) is 25.6 Å². The number of ether oxygens (including phenoxy) is 1. The lowest BCUT2D eigenvalue weighted by Gasteiger charge is -2.29. The van der Waals surface area contributed by atoms with Gasteiger partial charge in [-0.2, -0.15) is 12.7 Å². The smallest absolute Gasteiger partial charge is 0.277 e. The Morgan fingerprint density at radius 1 is 1.64 bits per heavy atom. The molecule has 1 atom stereocenters. The number of carbonyl (C=O) groups excluding carboxylic acids is 1. The molecule has 1 unspecified atom stereocenters. The summed E-state index contributed by atoms with van der Waals surface area (Å²) in [5, 5.41) is 7.31. The van der Waals surface area contributed by atoms with Crippen molar-refractivity contribution in [3.8, 4) is 0 Å². The van der Waals surface area contributed by atoms with Crippen molar-refractivity contribution in [2.24, 2.45) is 5.14 Å². The Kier molecular flexibility index (Phi) is 3.43. The maximum Gasteiger partial charge on any atom is 0.277 e. The highest BCUT2D eigenvalue weighted by atomic mass is 32.2. The van der Waals surface area contributed by atoms with Crippen LogP contribution < -0.4 is 10.5 Å². The Labute approximate surface area is 82.4 Å². The normalized spacial score (nSPS) is 24.6. The van der Waals surface area contributed by atoms with Crippen LogP contribution in [0.2, 0.25) is 0 Å². The highest BCUT2D eigenvalue weighted by Gasteiger charge is 2.30. The fourth-order valence-corrected chi connectivity index (χ4v) is 1.85. The van der Waals surface area contributed by atoms with Crippen molar-refractivity contribution in [2.75, 3.05) is 26.7 Å². The number of nitrogens with two attached hydrogens (primary N) is 1. The van der Waals surface area contributed by atoms with Crippen LogP contribution in [0.5, 0.6) is 0 Å². The molecule has 1 aliphatic rings. The molecule has 14 heavy (non-hydrogen) atoms. The molecular weight excluding hydrogens is 210 g/mol. The van der Waals surface area contributed by atoms with E-state index in [2.05, 4.69) is 5.32 Å². The van der Waals surface area contributed by atoms with E-state index in [1.165, 1.54) is 7.05 Å². The van der Waals surface area contributed by atoms with Gasteiger partial charge in [-0.15, -0.1) is 0 Å². The average molecular weight is 223 g/mol. The van der Waals surface area contributed by atoms with Crippen LogP contribution in [0.15, 0.2) is 0 Å². The second-order valence-electron chi connectivity index (χ2n) is 2.88. The number of carbonyl (C=O) groups is 1. The summed E-state index contributed by atoms with van der Waals surface area (Å²) in [6, 6.07) is 0. The van der Waals surface area contributed by atoms with Gasteiger partial charge in [0.25, 0.3) is 10.2 Å². The molecule has 82 valence electrons. The molecule has 8 heteroatoms. The van der Waals surface area contributed by atoms with E-state index in [1.54, 1.807) is 0 Å². The first-order valence-corrected chi connectivity index (χ1v) is 5.56. The minimum Gasteiger partial charge on any atom is -0.366 e. The largest absolute Gasteiger partial charge is 0.366 e. The summed E-state index contributed by atoms with van der Waals surface area (Å²) < 4.78 is 28.0. The Balaban J connectivity index is 2.65. The summed E-state index contributed by atoms with van der Waals surface area (Å²) in [6.45, 7) is 0.333. The van der Waals surface area contributed by atoms with Gasteiger partial charge in [0.2, 0.25) is 5.91 Å². The molecule has 0 aromatic carbocycles. The third kappa shape index (κ3) is 2.64. The van der Waals surface area contributed by atoms with Gasteiger partial charge in [-0.1, -0.05) is 0 Å². The zero-order valence-electron chi connectivity index (χ0n) is 7.76. The minimum absolute atomic E-state index is 0.0293. The predicted octanol–water partition coefficient (Wildman–Crippen LogP) is -2.36. The monoisotopic (exact) mass is 223 g/mol. The van der Waals surface area contributed by atoms with Crippen molar-refractivity contribution in [3.05, 3.63) is 0 Å². The van der Waals surface area contributed by atoms with Crippen molar-refractivity contribution in [1.82, 2.24) is 9.62 Å². The van der Waals surface area contributed by atoms with Crippen molar-refractivity contribution in [1.29, 1.82) is 0 Å². The number of nitrogens with zero attached hydrogens (tertiary/aromatic N) is 1. The first-order valence-electron chi connectivity index (χ1n) is 4.06. The van der Waals surface area contributed by atoms with Crippen molar-refractivity contribution in [2.45, 2.75) is 6.10 Å². The van der Waals surface area contributed by atoms with E-state index in [4.69, 9.17) is 9.88 Å². The summed E-state index contributed by atoms with van der Waals surface area (Å²) in [5.41, 5.74) is 0. The number of nitrogens with one attached hydrogen (secondary N) is 1. The van der Waals surface area contributed by atoms with E-state index >= 15 is 0 Å². The molecule has 0 radical (unpaired) electrons. The maximum atomic E-state index is 11.1. The van der Waals surface area contributed by atoms with Crippen molar-refractivity contribution < 1.29 is 17.9 Å². The average Bonchev–Trinajstić information content (AvgIpc) is 2.15. The lowest BCUT2D eigenvalue weighted by Crippen LogP contribution is -2.52. The molecule has 3 N–H and O–H groups in total. The van der Waals surface area contributed by atoms with Crippen molar-refractivity contribution >= 4 is 16.1 Å². The number of rotatable bonds is 2. The zero-order chi connectivity index (χ0) is 10.8. The topological polar surface area (TPSA) is 102 Å². The number of hydrogen-bond donors (Lipinski definition) is 2. The third-order valence-electron chi connectivity index (χ3n) is 1.93. The summed E-state index contributed by atoms with van der Waals surface area (Å²) in [4.78, 5) is 11.1. The van der Waals surface area contributed by atoms with Gasteiger partial charge >= 0.3 is 0 Å². The Hall–Kier alpha value is -0.700. The molecule has 1 heterocycles. The fraction of sp³-hybridized carbons (Fsp3) is 0.833. The first-order chi connectivity index (χ1) is 6.45. The summed E-state index contributed by atoms with van der Waals surface area (Å²) >= 11 is 0. The molecule has 1 amide bonds. The molecule has 1 rings (SSSR count). The molecule has 1 saturated heterocycles. The number of likely N-dealkylation sites (N-methyl/N-ethyl adjacent to an activating group) is 1. The predicted molar refractivity (Wildman–Crippen MR) is 48.5 cm³/mol. The number of amides is 1. The zero-order valence-corrected chi connectivity index (χ0v) is 8.58. The van der Waals surface area contributed by atoms with Gasteiger partial charge in [0.15, 0.2) is 0 Å². The van der Waals surface area contributed by atoms with E-state index in [9.17, 15) is 13.2 Å².